The Hall–Kier alpha value is -0.240. The second-order valence-corrected chi connectivity index (χ2v) is 6.61. The highest BCUT2D eigenvalue weighted by Crippen LogP contribution is 2.28. The van der Waals surface area contributed by atoms with Crippen LogP contribution in [-0.4, -0.2) is 25.9 Å². The molecular formula is C6H6ClO6PS2. The Balaban J connectivity index is 3.78. The first-order chi connectivity index (χ1) is 7.03. The lowest BCUT2D eigenvalue weighted by atomic mass is 10.3. The van der Waals surface area contributed by atoms with Crippen LogP contribution < -0.4 is 5.30 Å². The number of hydrogen-bond acceptors (Lipinski definition) is 4. The molecule has 2 N–H and O–H groups in total. The van der Waals surface area contributed by atoms with E-state index in [1.54, 1.807) is 0 Å². The van der Waals surface area contributed by atoms with Gasteiger partial charge < -0.3 is 0 Å². The molecular weight excluding hydrogens is 299 g/mol. The van der Waals surface area contributed by atoms with Crippen LogP contribution >= 0.6 is 20.8 Å². The molecule has 1 rings (SSSR count). The summed E-state index contributed by atoms with van der Waals surface area (Å²) < 4.78 is 61.1. The van der Waals surface area contributed by atoms with Crippen molar-refractivity contribution in [2.24, 2.45) is 0 Å². The zero-order valence-electron chi connectivity index (χ0n) is 7.45. The van der Waals surface area contributed by atoms with Crippen LogP contribution in [0.15, 0.2) is 21.9 Å². The lowest BCUT2D eigenvalue weighted by Crippen LogP contribution is -2.09. The summed E-state index contributed by atoms with van der Waals surface area (Å²) >= 11 is 5.46. The fraction of sp³-hybridized carbons (Fsp3) is 0. The average molecular weight is 305 g/mol. The van der Waals surface area contributed by atoms with Crippen LogP contribution in [0.25, 0.3) is 0 Å². The van der Waals surface area contributed by atoms with E-state index in [9.17, 15) is 16.8 Å². The molecule has 6 nitrogen and oxygen atoms in total. The van der Waals surface area contributed by atoms with E-state index in [1.165, 1.54) is 0 Å². The Bertz CT molecular complexity index is 582. The van der Waals surface area contributed by atoms with Gasteiger partial charge in [-0.2, -0.15) is 16.8 Å². The van der Waals surface area contributed by atoms with Crippen molar-refractivity contribution in [1.29, 1.82) is 0 Å². The topological polar surface area (TPSA) is 109 Å². The molecule has 0 radical (unpaired) electrons. The first-order valence-corrected chi connectivity index (χ1v) is 7.41. The number of benzene rings is 1. The van der Waals surface area contributed by atoms with Gasteiger partial charge in [-0.05, 0) is 17.4 Å². The molecule has 0 fully saturated rings. The molecule has 0 aromatic heterocycles. The summed E-state index contributed by atoms with van der Waals surface area (Å²) in [4.78, 5) is -1.57. The molecule has 10 heteroatoms. The highest BCUT2D eigenvalue weighted by Gasteiger charge is 2.23. The van der Waals surface area contributed by atoms with Gasteiger partial charge in [-0.1, -0.05) is 11.6 Å². The first-order valence-electron chi connectivity index (χ1n) is 3.57. The summed E-state index contributed by atoms with van der Waals surface area (Å²) in [5.41, 5.74) is 0. The van der Waals surface area contributed by atoms with E-state index in [0.717, 1.165) is 12.1 Å². The number of hydrogen-bond donors (Lipinski definition) is 2. The van der Waals surface area contributed by atoms with Crippen LogP contribution in [-0.2, 0) is 20.2 Å². The molecule has 90 valence electrons. The summed E-state index contributed by atoms with van der Waals surface area (Å²) in [6, 6.07) is 1.91. The zero-order valence-corrected chi connectivity index (χ0v) is 11.0. The smallest absolute Gasteiger partial charge is 0.282 e. The third-order valence-corrected chi connectivity index (χ3v) is 4.30. The van der Waals surface area contributed by atoms with Crippen molar-refractivity contribution < 1.29 is 25.9 Å². The maximum Gasteiger partial charge on any atom is 0.296 e. The molecule has 0 aliphatic carbocycles. The van der Waals surface area contributed by atoms with Crippen molar-refractivity contribution in [2.45, 2.75) is 9.79 Å². The first kappa shape index (κ1) is 13.8. The average Bonchev–Trinajstić information content (AvgIpc) is 2.04. The van der Waals surface area contributed by atoms with Gasteiger partial charge >= 0.3 is 0 Å². The molecule has 0 saturated heterocycles. The molecule has 0 aliphatic rings. The van der Waals surface area contributed by atoms with Crippen molar-refractivity contribution in [1.82, 2.24) is 0 Å². The molecule has 0 amide bonds. The van der Waals surface area contributed by atoms with Gasteiger partial charge in [0, 0.05) is 0 Å². The number of halogens is 1. The van der Waals surface area contributed by atoms with E-state index in [1.807, 2.05) is 9.24 Å². The van der Waals surface area contributed by atoms with Gasteiger partial charge in [0.1, 0.15) is 9.79 Å². The van der Waals surface area contributed by atoms with E-state index in [2.05, 4.69) is 0 Å². The fourth-order valence-corrected chi connectivity index (χ4v) is 3.54. The summed E-state index contributed by atoms with van der Waals surface area (Å²) in [5, 5.41) is -0.624. The Morgan fingerprint density at radius 1 is 1.00 bits per heavy atom. The lowest BCUT2D eigenvalue weighted by molar-refractivity contribution is 0.481. The minimum Gasteiger partial charge on any atom is -0.282 e. The normalized spacial score (nSPS) is 12.8. The van der Waals surface area contributed by atoms with Gasteiger partial charge in [0.2, 0.25) is 0 Å². The quantitative estimate of drug-likeness (QED) is 0.602. The van der Waals surface area contributed by atoms with Crippen molar-refractivity contribution >= 4 is 46.4 Å². The van der Waals surface area contributed by atoms with Crippen LogP contribution in [0.4, 0.5) is 0 Å². The van der Waals surface area contributed by atoms with E-state index in [-0.39, 0.29) is 5.30 Å². The summed E-state index contributed by atoms with van der Waals surface area (Å²) in [6.45, 7) is 0. The largest absolute Gasteiger partial charge is 0.296 e. The third-order valence-electron chi connectivity index (χ3n) is 1.58. The predicted octanol–water partition coefficient (Wildman–Crippen LogP) is 0.334. The van der Waals surface area contributed by atoms with Gasteiger partial charge in [0.05, 0.1) is 5.02 Å². The van der Waals surface area contributed by atoms with Crippen LogP contribution in [0.1, 0.15) is 0 Å². The van der Waals surface area contributed by atoms with Crippen LogP contribution in [0.3, 0.4) is 0 Å². The van der Waals surface area contributed by atoms with E-state index >= 15 is 0 Å². The van der Waals surface area contributed by atoms with Crippen molar-refractivity contribution in [3.63, 3.8) is 0 Å². The second kappa shape index (κ2) is 4.21. The second-order valence-electron chi connectivity index (χ2n) is 2.78. The fourth-order valence-electron chi connectivity index (χ4n) is 0.968. The van der Waals surface area contributed by atoms with Gasteiger partial charge in [0.25, 0.3) is 20.2 Å². The number of rotatable bonds is 2. The van der Waals surface area contributed by atoms with Gasteiger partial charge in [0.15, 0.2) is 0 Å². The minimum atomic E-state index is -4.66. The third kappa shape index (κ3) is 2.91. The van der Waals surface area contributed by atoms with E-state index in [0.29, 0.717) is 0 Å². The Morgan fingerprint density at radius 2 is 1.31 bits per heavy atom. The molecule has 1 atom stereocenters. The van der Waals surface area contributed by atoms with Crippen LogP contribution in [0, 0.1) is 0 Å². The van der Waals surface area contributed by atoms with E-state index < -0.39 is 35.0 Å². The summed E-state index contributed by atoms with van der Waals surface area (Å²) in [5.74, 6) is 0. The molecule has 16 heavy (non-hydrogen) atoms. The highest BCUT2D eigenvalue weighted by molar-refractivity contribution is 7.87. The lowest BCUT2D eigenvalue weighted by Gasteiger charge is -2.06. The van der Waals surface area contributed by atoms with Crippen LogP contribution in [0.5, 0.6) is 0 Å². The summed E-state index contributed by atoms with van der Waals surface area (Å²) in [7, 11) is -7.29. The Morgan fingerprint density at radius 3 is 1.56 bits per heavy atom. The van der Waals surface area contributed by atoms with Crippen molar-refractivity contribution in [2.75, 3.05) is 0 Å². The standard InChI is InChI=1S/C6H6ClO6PS2/c7-6-4(15(8,9)10)1-3(14)2-5(6)16(11,12)13/h1-2H,14H2,(H,8,9,10)(H,11,12,13). The minimum absolute atomic E-state index is 0.129. The Kier molecular flexibility index (Phi) is 3.64. The summed E-state index contributed by atoms with van der Waals surface area (Å²) in [6.07, 6.45) is 0. The molecule has 0 heterocycles. The molecule has 0 bridgehead atoms. The molecule has 0 saturated carbocycles. The maximum atomic E-state index is 10.9. The zero-order chi connectivity index (χ0) is 12.7. The molecule has 1 aromatic rings. The maximum absolute atomic E-state index is 10.9. The molecule has 1 unspecified atom stereocenters. The molecule has 0 spiro atoms. The highest BCUT2D eigenvalue weighted by atomic mass is 35.5. The molecule has 1 aromatic carbocycles. The Labute approximate surface area is 99.3 Å². The molecule has 0 aliphatic heterocycles. The van der Waals surface area contributed by atoms with Crippen LogP contribution in [0.2, 0.25) is 5.02 Å². The van der Waals surface area contributed by atoms with Gasteiger partial charge in [-0.25, -0.2) is 0 Å². The predicted molar refractivity (Wildman–Crippen MR) is 60.4 cm³/mol. The van der Waals surface area contributed by atoms with Crippen molar-refractivity contribution in [3.05, 3.63) is 17.2 Å². The van der Waals surface area contributed by atoms with Gasteiger partial charge in [-0.15, -0.1) is 9.24 Å². The van der Waals surface area contributed by atoms with Crippen molar-refractivity contribution in [3.8, 4) is 0 Å². The monoisotopic (exact) mass is 304 g/mol. The SMILES string of the molecule is O=S(=O)(O)c1cc(P)cc(S(=O)(=O)O)c1Cl. The van der Waals surface area contributed by atoms with E-state index in [4.69, 9.17) is 20.7 Å². The van der Waals surface area contributed by atoms with Gasteiger partial charge in [-0.3, -0.25) is 9.11 Å².